The standard InChI is InChI=1S/C17H35NO2SSi/c1-16(2,3)21(19)18-15-11-9-10-14(12-15)13-20-22(7,8)17(4,5)6/h14H,9-13H2,1-8H3/t14?,21-/m0/s1. The van der Waals surface area contributed by atoms with Crippen molar-refractivity contribution in [3.63, 3.8) is 0 Å². The summed E-state index contributed by atoms with van der Waals surface area (Å²) >= 11 is 0. The van der Waals surface area contributed by atoms with Gasteiger partial charge in [-0.1, -0.05) is 20.8 Å². The van der Waals surface area contributed by atoms with Gasteiger partial charge in [-0.15, -0.1) is 0 Å². The SMILES string of the molecule is CC(C)(C)[S@](=O)N=C1CCCC(CO[Si](C)(C)C(C)(C)C)C1. The van der Waals surface area contributed by atoms with Crippen molar-refractivity contribution in [2.45, 2.75) is 90.1 Å². The Bertz CT molecular complexity index is 433. The minimum absolute atomic E-state index is 0.256. The second kappa shape index (κ2) is 7.26. The van der Waals surface area contributed by atoms with Gasteiger partial charge in [-0.3, -0.25) is 0 Å². The zero-order chi connectivity index (χ0) is 17.2. The number of hydrogen-bond acceptors (Lipinski definition) is 2. The van der Waals surface area contributed by atoms with Crippen LogP contribution >= 0.6 is 0 Å². The van der Waals surface area contributed by atoms with Crippen molar-refractivity contribution in [1.82, 2.24) is 0 Å². The highest BCUT2D eigenvalue weighted by atomic mass is 32.2. The summed E-state index contributed by atoms with van der Waals surface area (Å²) in [6, 6.07) is 0. The first kappa shape index (κ1) is 20.0. The van der Waals surface area contributed by atoms with Crippen molar-refractivity contribution >= 4 is 25.0 Å². The van der Waals surface area contributed by atoms with Crippen LogP contribution in [0.15, 0.2) is 4.40 Å². The van der Waals surface area contributed by atoms with Crippen molar-refractivity contribution in [3.8, 4) is 0 Å². The normalized spacial score (nSPS) is 24.5. The largest absolute Gasteiger partial charge is 0.417 e. The third kappa shape index (κ3) is 5.89. The second-order valence-corrected chi connectivity index (χ2v) is 15.8. The van der Waals surface area contributed by atoms with Crippen molar-refractivity contribution in [2.24, 2.45) is 10.3 Å². The van der Waals surface area contributed by atoms with E-state index >= 15 is 0 Å². The third-order valence-electron chi connectivity index (χ3n) is 4.82. The molecular formula is C17H35NO2SSi. The molecule has 0 aromatic rings. The lowest BCUT2D eigenvalue weighted by atomic mass is 9.89. The molecule has 0 radical (unpaired) electrons. The van der Waals surface area contributed by atoms with Crippen molar-refractivity contribution in [1.29, 1.82) is 0 Å². The average Bonchev–Trinajstić information content (AvgIpc) is 2.34. The summed E-state index contributed by atoms with van der Waals surface area (Å²) in [5, 5.41) is 0.256. The van der Waals surface area contributed by atoms with Gasteiger partial charge in [0.05, 0.1) is 4.75 Å². The van der Waals surface area contributed by atoms with E-state index in [-0.39, 0.29) is 9.79 Å². The molecule has 1 aliphatic carbocycles. The van der Waals surface area contributed by atoms with Gasteiger partial charge >= 0.3 is 0 Å². The van der Waals surface area contributed by atoms with Crippen LogP contribution in [0.4, 0.5) is 0 Å². The van der Waals surface area contributed by atoms with Crippen molar-refractivity contribution < 1.29 is 8.63 Å². The van der Waals surface area contributed by atoms with Gasteiger partial charge in [-0.25, -0.2) is 4.21 Å². The summed E-state index contributed by atoms with van der Waals surface area (Å²) in [5.74, 6) is 0.540. The zero-order valence-corrected chi connectivity index (χ0v) is 17.6. The van der Waals surface area contributed by atoms with Crippen LogP contribution in [0.2, 0.25) is 18.1 Å². The molecule has 0 spiro atoms. The predicted molar refractivity (Wildman–Crippen MR) is 100 cm³/mol. The molecule has 0 saturated heterocycles. The van der Waals surface area contributed by atoms with E-state index < -0.39 is 19.3 Å². The predicted octanol–water partition coefficient (Wildman–Crippen LogP) is 5.10. The summed E-state index contributed by atoms with van der Waals surface area (Å²) in [4.78, 5) is 0. The van der Waals surface area contributed by atoms with Crippen LogP contribution in [0.5, 0.6) is 0 Å². The van der Waals surface area contributed by atoms with E-state index in [0.717, 1.165) is 31.6 Å². The Morgan fingerprint density at radius 1 is 1.23 bits per heavy atom. The van der Waals surface area contributed by atoms with Crippen LogP contribution in [0.3, 0.4) is 0 Å². The van der Waals surface area contributed by atoms with Gasteiger partial charge in [-0.2, -0.15) is 4.40 Å². The van der Waals surface area contributed by atoms with E-state index in [0.29, 0.717) is 5.92 Å². The molecule has 1 unspecified atom stereocenters. The maximum absolute atomic E-state index is 12.2. The van der Waals surface area contributed by atoms with Crippen LogP contribution in [-0.2, 0) is 15.4 Å². The van der Waals surface area contributed by atoms with Crippen LogP contribution in [0.1, 0.15) is 67.2 Å². The Balaban J connectivity index is 2.61. The fraction of sp³-hybridized carbons (Fsp3) is 0.941. The van der Waals surface area contributed by atoms with Crippen LogP contribution < -0.4 is 0 Å². The van der Waals surface area contributed by atoms with Crippen LogP contribution in [0, 0.1) is 5.92 Å². The topological polar surface area (TPSA) is 38.7 Å². The number of nitrogens with zero attached hydrogens (tertiary/aromatic N) is 1. The van der Waals surface area contributed by atoms with Crippen molar-refractivity contribution in [3.05, 3.63) is 0 Å². The van der Waals surface area contributed by atoms with E-state index in [1.54, 1.807) is 0 Å². The van der Waals surface area contributed by atoms with Gasteiger partial charge in [-0.05, 0) is 70.5 Å². The number of rotatable bonds is 4. The Hall–Kier alpha value is -0.00312. The minimum Gasteiger partial charge on any atom is -0.417 e. The fourth-order valence-electron chi connectivity index (χ4n) is 2.15. The third-order valence-corrected chi connectivity index (χ3v) is 10.8. The zero-order valence-electron chi connectivity index (χ0n) is 15.8. The lowest BCUT2D eigenvalue weighted by molar-refractivity contribution is 0.217. The number of hydrogen-bond donors (Lipinski definition) is 0. The van der Waals surface area contributed by atoms with Crippen LogP contribution in [-0.4, -0.2) is 29.6 Å². The van der Waals surface area contributed by atoms with Gasteiger partial charge in [0.25, 0.3) is 0 Å². The molecule has 130 valence electrons. The van der Waals surface area contributed by atoms with Gasteiger partial charge in [0.1, 0.15) is 11.0 Å². The second-order valence-electron chi connectivity index (χ2n) is 9.05. The highest BCUT2D eigenvalue weighted by Crippen LogP contribution is 2.37. The molecule has 0 aromatic carbocycles. The smallest absolute Gasteiger partial charge is 0.191 e. The lowest BCUT2D eigenvalue weighted by Gasteiger charge is -2.38. The molecule has 0 heterocycles. The summed E-state index contributed by atoms with van der Waals surface area (Å²) in [6.07, 6.45) is 4.30. The molecule has 22 heavy (non-hydrogen) atoms. The fourth-order valence-corrected chi connectivity index (χ4v) is 3.91. The van der Waals surface area contributed by atoms with E-state index in [4.69, 9.17) is 4.43 Å². The molecule has 0 amide bonds. The molecule has 0 N–H and O–H groups in total. The summed E-state index contributed by atoms with van der Waals surface area (Å²) in [7, 11) is -2.80. The Morgan fingerprint density at radius 2 is 1.82 bits per heavy atom. The van der Waals surface area contributed by atoms with Gasteiger partial charge < -0.3 is 4.43 Å². The first-order valence-electron chi connectivity index (χ1n) is 8.45. The van der Waals surface area contributed by atoms with E-state index in [1.807, 2.05) is 20.8 Å². The quantitative estimate of drug-likeness (QED) is 0.665. The molecule has 3 nitrogen and oxygen atoms in total. The maximum Gasteiger partial charge on any atom is 0.191 e. The molecule has 2 atom stereocenters. The molecule has 0 bridgehead atoms. The Morgan fingerprint density at radius 3 is 2.32 bits per heavy atom. The van der Waals surface area contributed by atoms with E-state index in [1.165, 1.54) is 6.42 Å². The molecule has 0 aromatic heterocycles. The summed E-state index contributed by atoms with van der Waals surface area (Å²) in [5.41, 5.74) is 1.13. The Kier molecular flexibility index (Phi) is 6.62. The molecule has 1 saturated carbocycles. The average molecular weight is 346 g/mol. The molecule has 1 fully saturated rings. The Labute approximate surface area is 141 Å². The van der Waals surface area contributed by atoms with Gasteiger partial charge in [0, 0.05) is 12.3 Å². The summed E-state index contributed by atoms with van der Waals surface area (Å²) in [6.45, 7) is 18.2. The first-order chi connectivity index (χ1) is 9.83. The molecule has 1 rings (SSSR count). The molecule has 1 aliphatic rings. The molecule has 0 aliphatic heterocycles. The first-order valence-corrected chi connectivity index (χ1v) is 12.5. The highest BCUT2D eigenvalue weighted by Gasteiger charge is 2.37. The maximum atomic E-state index is 12.2. The monoisotopic (exact) mass is 345 g/mol. The molecule has 5 heteroatoms. The minimum atomic E-state index is -1.67. The van der Waals surface area contributed by atoms with Gasteiger partial charge in [0.2, 0.25) is 0 Å². The van der Waals surface area contributed by atoms with E-state index in [9.17, 15) is 4.21 Å². The molecular weight excluding hydrogens is 310 g/mol. The van der Waals surface area contributed by atoms with Crippen molar-refractivity contribution in [2.75, 3.05) is 6.61 Å². The lowest BCUT2D eigenvalue weighted by Crippen LogP contribution is -2.42. The summed E-state index contributed by atoms with van der Waals surface area (Å²) < 4.78 is 22.8. The highest BCUT2D eigenvalue weighted by molar-refractivity contribution is 7.85. The van der Waals surface area contributed by atoms with E-state index in [2.05, 4.69) is 38.3 Å². The van der Waals surface area contributed by atoms with Gasteiger partial charge in [0.15, 0.2) is 8.32 Å². The van der Waals surface area contributed by atoms with Crippen LogP contribution in [0.25, 0.3) is 0 Å².